The maximum Gasteiger partial charge on any atom is 0.0573 e. The predicted molar refractivity (Wildman–Crippen MR) is 75.5 cm³/mol. The molecule has 1 N–H and O–H groups in total. The summed E-state index contributed by atoms with van der Waals surface area (Å²) in [5.74, 6) is 0. The molecule has 1 aliphatic rings. The third-order valence-electron chi connectivity index (χ3n) is 3.82. The van der Waals surface area contributed by atoms with Crippen LogP contribution in [0.25, 0.3) is 0 Å². The Balaban J connectivity index is 1.97. The van der Waals surface area contributed by atoms with Crippen molar-refractivity contribution in [2.45, 2.75) is 52.2 Å². The maximum atomic E-state index is 4.51. The monoisotopic (exact) mass is 247 g/mol. The van der Waals surface area contributed by atoms with Gasteiger partial charge in [-0.3, -0.25) is 9.88 Å². The summed E-state index contributed by atoms with van der Waals surface area (Å²) in [7, 11) is 0. The lowest BCUT2D eigenvalue weighted by Gasteiger charge is -2.30. The molecule has 3 nitrogen and oxygen atoms in total. The summed E-state index contributed by atoms with van der Waals surface area (Å²) in [5, 5.41) is 3.64. The topological polar surface area (TPSA) is 28.2 Å². The molecule has 1 aliphatic heterocycles. The van der Waals surface area contributed by atoms with Crippen molar-refractivity contribution in [3.8, 4) is 0 Å². The fourth-order valence-corrected chi connectivity index (χ4v) is 2.57. The van der Waals surface area contributed by atoms with Gasteiger partial charge in [-0.25, -0.2) is 0 Å². The summed E-state index contributed by atoms with van der Waals surface area (Å²) < 4.78 is 0. The minimum atomic E-state index is 0.618. The molecule has 1 fully saturated rings. The second kappa shape index (κ2) is 6.30. The Bertz CT molecular complexity index is 366. The first kappa shape index (κ1) is 13.5. The Hall–Kier alpha value is -0.930. The zero-order valence-corrected chi connectivity index (χ0v) is 11.8. The highest BCUT2D eigenvalue weighted by Crippen LogP contribution is 2.12. The molecule has 2 rings (SSSR count). The Morgan fingerprint density at radius 1 is 1.28 bits per heavy atom. The van der Waals surface area contributed by atoms with Crippen LogP contribution in [0, 0.1) is 6.92 Å². The number of rotatable bonds is 2. The van der Waals surface area contributed by atoms with E-state index in [1.807, 2.05) is 12.3 Å². The van der Waals surface area contributed by atoms with Crippen LogP contribution in [-0.2, 0) is 6.54 Å². The highest BCUT2D eigenvalue weighted by Gasteiger charge is 2.16. The van der Waals surface area contributed by atoms with Crippen molar-refractivity contribution in [3.63, 3.8) is 0 Å². The van der Waals surface area contributed by atoms with E-state index in [2.05, 4.69) is 42.0 Å². The molecule has 0 saturated carbocycles. The molecule has 0 aliphatic carbocycles. The lowest BCUT2D eigenvalue weighted by Crippen LogP contribution is -2.42. The average Bonchev–Trinajstić information content (AvgIpc) is 2.33. The molecule has 100 valence electrons. The quantitative estimate of drug-likeness (QED) is 0.869. The summed E-state index contributed by atoms with van der Waals surface area (Å²) >= 11 is 0. The normalized spacial score (nSPS) is 26.6. The lowest BCUT2D eigenvalue weighted by molar-refractivity contribution is 0.209. The van der Waals surface area contributed by atoms with Gasteiger partial charge in [0.05, 0.1) is 5.69 Å². The summed E-state index contributed by atoms with van der Waals surface area (Å²) in [6.45, 7) is 10.0. The van der Waals surface area contributed by atoms with E-state index in [1.165, 1.54) is 24.1 Å². The maximum absolute atomic E-state index is 4.51. The fourth-order valence-electron chi connectivity index (χ4n) is 2.57. The van der Waals surface area contributed by atoms with E-state index in [-0.39, 0.29) is 0 Å². The zero-order valence-electron chi connectivity index (χ0n) is 11.8. The smallest absolute Gasteiger partial charge is 0.0573 e. The van der Waals surface area contributed by atoms with E-state index in [9.17, 15) is 0 Å². The molecule has 18 heavy (non-hydrogen) atoms. The van der Waals surface area contributed by atoms with Gasteiger partial charge in [-0.1, -0.05) is 6.07 Å². The molecule has 1 saturated heterocycles. The number of aromatic nitrogens is 1. The molecule has 2 heterocycles. The van der Waals surface area contributed by atoms with E-state index in [0.717, 1.165) is 19.6 Å². The van der Waals surface area contributed by atoms with Crippen LogP contribution in [0.2, 0.25) is 0 Å². The van der Waals surface area contributed by atoms with E-state index >= 15 is 0 Å². The number of pyridine rings is 1. The van der Waals surface area contributed by atoms with Crippen LogP contribution < -0.4 is 5.32 Å². The number of nitrogens with zero attached hydrogens (tertiary/aromatic N) is 2. The van der Waals surface area contributed by atoms with Crippen molar-refractivity contribution < 1.29 is 0 Å². The van der Waals surface area contributed by atoms with Gasteiger partial charge in [0.1, 0.15) is 0 Å². The summed E-state index contributed by atoms with van der Waals surface area (Å²) in [5.41, 5.74) is 2.53. The van der Waals surface area contributed by atoms with Crippen molar-refractivity contribution in [2.24, 2.45) is 0 Å². The van der Waals surface area contributed by atoms with Crippen LogP contribution in [0.15, 0.2) is 18.3 Å². The Morgan fingerprint density at radius 2 is 1.94 bits per heavy atom. The van der Waals surface area contributed by atoms with Gasteiger partial charge in [0.15, 0.2) is 0 Å². The molecule has 0 amide bonds. The number of hydrogen-bond donors (Lipinski definition) is 1. The van der Waals surface area contributed by atoms with E-state index < -0.39 is 0 Å². The van der Waals surface area contributed by atoms with E-state index in [1.54, 1.807) is 0 Å². The van der Waals surface area contributed by atoms with Gasteiger partial charge in [0.25, 0.3) is 0 Å². The van der Waals surface area contributed by atoms with Crippen LogP contribution in [0.5, 0.6) is 0 Å². The summed E-state index contributed by atoms with van der Waals surface area (Å²) in [6, 6.07) is 5.40. The van der Waals surface area contributed by atoms with Crippen molar-refractivity contribution >= 4 is 0 Å². The molecule has 0 radical (unpaired) electrons. The highest BCUT2D eigenvalue weighted by molar-refractivity contribution is 5.17. The van der Waals surface area contributed by atoms with Gasteiger partial charge in [-0.2, -0.15) is 0 Å². The first-order valence-corrected chi connectivity index (χ1v) is 7.04. The molecule has 0 spiro atoms. The van der Waals surface area contributed by atoms with Crippen molar-refractivity contribution in [1.29, 1.82) is 0 Å². The molecule has 2 atom stereocenters. The molecule has 1 aromatic heterocycles. The summed E-state index contributed by atoms with van der Waals surface area (Å²) in [6.07, 6.45) is 4.34. The predicted octanol–water partition coefficient (Wildman–Crippen LogP) is 2.35. The molecular formula is C15H25N3. The number of nitrogens with one attached hydrogen (secondary N) is 1. The third-order valence-corrected chi connectivity index (χ3v) is 3.82. The SMILES string of the molecule is Cc1cccnc1CN1CCC(C)NC(C)CC1. The zero-order chi connectivity index (χ0) is 13.0. The number of hydrogen-bond acceptors (Lipinski definition) is 3. The van der Waals surface area contributed by atoms with Gasteiger partial charge in [0.2, 0.25) is 0 Å². The average molecular weight is 247 g/mol. The van der Waals surface area contributed by atoms with Gasteiger partial charge >= 0.3 is 0 Å². The van der Waals surface area contributed by atoms with Crippen molar-refractivity contribution in [1.82, 2.24) is 15.2 Å². The van der Waals surface area contributed by atoms with Gasteiger partial charge in [0, 0.05) is 37.9 Å². The van der Waals surface area contributed by atoms with Gasteiger partial charge in [-0.15, -0.1) is 0 Å². The third kappa shape index (κ3) is 3.79. The molecule has 0 aromatic carbocycles. The fraction of sp³-hybridized carbons (Fsp3) is 0.667. The van der Waals surface area contributed by atoms with Gasteiger partial charge < -0.3 is 5.32 Å². The van der Waals surface area contributed by atoms with Crippen molar-refractivity contribution in [2.75, 3.05) is 13.1 Å². The first-order chi connectivity index (χ1) is 8.65. The van der Waals surface area contributed by atoms with E-state index in [4.69, 9.17) is 0 Å². The lowest BCUT2D eigenvalue weighted by atomic mass is 10.1. The molecule has 3 heteroatoms. The van der Waals surface area contributed by atoms with Crippen LogP contribution in [0.1, 0.15) is 37.9 Å². The molecule has 0 bridgehead atoms. The number of aryl methyl sites for hydroxylation is 1. The highest BCUT2D eigenvalue weighted by atomic mass is 15.1. The van der Waals surface area contributed by atoms with Crippen LogP contribution in [0.3, 0.4) is 0 Å². The largest absolute Gasteiger partial charge is 0.312 e. The van der Waals surface area contributed by atoms with Crippen LogP contribution >= 0.6 is 0 Å². The van der Waals surface area contributed by atoms with E-state index in [0.29, 0.717) is 12.1 Å². The molecule has 1 aromatic rings. The second-order valence-corrected chi connectivity index (χ2v) is 5.59. The second-order valence-electron chi connectivity index (χ2n) is 5.59. The first-order valence-electron chi connectivity index (χ1n) is 7.04. The van der Waals surface area contributed by atoms with Crippen molar-refractivity contribution in [3.05, 3.63) is 29.6 Å². The Kier molecular flexibility index (Phi) is 4.72. The minimum absolute atomic E-state index is 0.618. The van der Waals surface area contributed by atoms with Gasteiger partial charge in [-0.05, 0) is 45.2 Å². The summed E-state index contributed by atoms with van der Waals surface area (Å²) in [4.78, 5) is 7.05. The molecule has 2 unspecified atom stereocenters. The minimum Gasteiger partial charge on any atom is -0.312 e. The van der Waals surface area contributed by atoms with Crippen LogP contribution in [-0.4, -0.2) is 35.1 Å². The Morgan fingerprint density at radius 3 is 2.56 bits per heavy atom. The van der Waals surface area contributed by atoms with Crippen LogP contribution in [0.4, 0.5) is 0 Å². The Labute approximate surface area is 111 Å². The standard InChI is InChI=1S/C15H25N3/c1-12-5-4-8-16-15(12)11-18-9-6-13(2)17-14(3)7-10-18/h4-5,8,13-14,17H,6-7,9-11H2,1-3H3. The molecular weight excluding hydrogens is 222 g/mol.